The summed E-state index contributed by atoms with van der Waals surface area (Å²) in [5.41, 5.74) is 4.69. The van der Waals surface area contributed by atoms with Gasteiger partial charge in [-0.3, -0.25) is 0 Å². The molecule has 1 aliphatic rings. The zero-order valence-corrected chi connectivity index (χ0v) is 15.5. The molecule has 0 radical (unpaired) electrons. The number of aliphatic carboxylic acids is 1. The molecule has 4 nitrogen and oxygen atoms in total. The summed E-state index contributed by atoms with van der Waals surface area (Å²) < 4.78 is 4.59. The first kappa shape index (κ1) is 16.8. The fourth-order valence-corrected chi connectivity index (χ4v) is 4.75. The minimum absolute atomic E-state index is 0.0258. The van der Waals surface area contributed by atoms with Crippen LogP contribution in [0.3, 0.4) is 0 Å². The molecule has 0 fully saturated rings. The number of ether oxygens (including phenoxy) is 1. The number of fused-ring (bicyclic) bond motifs is 3. The van der Waals surface area contributed by atoms with Gasteiger partial charge in [-0.25, -0.2) is 0 Å². The van der Waals surface area contributed by atoms with Gasteiger partial charge in [0.1, 0.15) is 0 Å². The summed E-state index contributed by atoms with van der Waals surface area (Å²) in [6.45, 7) is 2.06. The SMILES string of the molecule is CCC([AsH]C(=O)OCC1c2ccccc2-c2ccccc21)C(=O)O. The van der Waals surface area contributed by atoms with Crippen molar-refractivity contribution >= 4 is 26.5 Å². The molecule has 124 valence electrons. The van der Waals surface area contributed by atoms with E-state index in [4.69, 9.17) is 9.84 Å². The van der Waals surface area contributed by atoms with Gasteiger partial charge in [0.25, 0.3) is 0 Å². The molecule has 2 atom stereocenters. The Hall–Kier alpha value is -2.06. The van der Waals surface area contributed by atoms with Crippen molar-refractivity contribution in [2.24, 2.45) is 0 Å². The molecule has 2 aromatic rings. The van der Waals surface area contributed by atoms with Crippen LogP contribution in [0.5, 0.6) is 0 Å². The maximum atomic E-state index is 12.1. The second-order valence-electron chi connectivity index (χ2n) is 5.77. The summed E-state index contributed by atoms with van der Waals surface area (Å²) in [6.07, 6.45) is 0.472. The zero-order chi connectivity index (χ0) is 17.1. The predicted molar refractivity (Wildman–Crippen MR) is 93.9 cm³/mol. The van der Waals surface area contributed by atoms with Crippen molar-refractivity contribution in [1.82, 2.24) is 0 Å². The van der Waals surface area contributed by atoms with Crippen LogP contribution in [-0.2, 0) is 9.53 Å². The second kappa shape index (κ2) is 7.23. The van der Waals surface area contributed by atoms with E-state index in [1.165, 1.54) is 11.1 Å². The molecule has 1 aliphatic carbocycles. The van der Waals surface area contributed by atoms with Gasteiger partial charge in [-0.2, -0.15) is 0 Å². The molecular weight excluding hydrogens is 367 g/mol. The van der Waals surface area contributed by atoms with Crippen molar-refractivity contribution in [2.45, 2.75) is 24.0 Å². The van der Waals surface area contributed by atoms with Gasteiger partial charge in [-0.1, -0.05) is 0 Å². The third kappa shape index (κ3) is 3.25. The van der Waals surface area contributed by atoms with Gasteiger partial charge in [0.2, 0.25) is 0 Å². The Labute approximate surface area is 147 Å². The van der Waals surface area contributed by atoms with E-state index in [1.807, 2.05) is 24.3 Å². The van der Waals surface area contributed by atoms with Crippen molar-refractivity contribution < 1.29 is 19.4 Å². The van der Waals surface area contributed by atoms with Gasteiger partial charge in [0, 0.05) is 0 Å². The number of carbonyl (C=O) groups is 2. The normalized spacial score (nSPS) is 14.4. The van der Waals surface area contributed by atoms with E-state index in [1.54, 1.807) is 6.92 Å². The first-order valence-corrected chi connectivity index (χ1v) is 10.2. The number of benzene rings is 2. The molecule has 5 heteroatoms. The molecule has 0 saturated carbocycles. The molecule has 0 saturated heterocycles. The molecule has 2 aromatic carbocycles. The Balaban J connectivity index is 1.74. The van der Waals surface area contributed by atoms with Crippen molar-refractivity contribution in [2.75, 3.05) is 6.61 Å². The van der Waals surface area contributed by atoms with E-state index in [-0.39, 0.29) is 17.3 Å². The Morgan fingerprint density at radius 3 is 2.12 bits per heavy atom. The van der Waals surface area contributed by atoms with E-state index < -0.39 is 26.4 Å². The fraction of sp³-hybridized carbons (Fsp3) is 0.263. The molecule has 24 heavy (non-hydrogen) atoms. The fourth-order valence-electron chi connectivity index (χ4n) is 3.12. The number of hydrogen-bond donors (Lipinski definition) is 1. The third-order valence-corrected chi connectivity index (χ3v) is 7.25. The monoisotopic (exact) mass is 386 g/mol. The number of carboxylic acid groups (broad SMARTS) is 1. The Bertz CT molecular complexity index is 726. The summed E-state index contributed by atoms with van der Waals surface area (Å²) in [5, 5.41) is 9.09. The summed E-state index contributed by atoms with van der Waals surface area (Å²) in [4.78, 5) is 23.1. The van der Waals surface area contributed by atoms with Gasteiger partial charge in [-0.05, 0) is 0 Å². The van der Waals surface area contributed by atoms with Crippen molar-refractivity contribution in [1.29, 1.82) is 0 Å². The van der Waals surface area contributed by atoms with Crippen LogP contribution in [0.4, 0.5) is 4.79 Å². The maximum absolute atomic E-state index is 12.1. The number of hydrogen-bond acceptors (Lipinski definition) is 3. The molecular formula is C19H19AsO4. The van der Waals surface area contributed by atoms with E-state index in [2.05, 4.69) is 24.3 Å². The molecule has 0 spiro atoms. The Kier molecular flexibility index (Phi) is 5.05. The first-order valence-electron chi connectivity index (χ1n) is 7.96. The quantitative estimate of drug-likeness (QED) is 0.770. The average molecular weight is 386 g/mol. The topological polar surface area (TPSA) is 63.6 Å². The Morgan fingerprint density at radius 1 is 1.08 bits per heavy atom. The van der Waals surface area contributed by atoms with Crippen LogP contribution in [0.25, 0.3) is 11.1 Å². The van der Waals surface area contributed by atoms with E-state index in [9.17, 15) is 9.59 Å². The van der Waals surface area contributed by atoms with Crippen LogP contribution in [0.2, 0.25) is 4.71 Å². The third-order valence-electron chi connectivity index (χ3n) is 4.34. The van der Waals surface area contributed by atoms with Crippen molar-refractivity contribution in [3.8, 4) is 11.1 Å². The van der Waals surface area contributed by atoms with E-state index in [0.29, 0.717) is 6.42 Å². The molecule has 0 aliphatic heterocycles. The summed E-state index contributed by atoms with van der Waals surface area (Å²) >= 11 is -1.31. The number of rotatable bonds is 6. The molecule has 0 bridgehead atoms. The molecule has 2 unspecified atom stereocenters. The van der Waals surface area contributed by atoms with Crippen molar-refractivity contribution in [3.05, 3.63) is 59.7 Å². The minimum atomic E-state index is -1.31. The second-order valence-corrected chi connectivity index (χ2v) is 8.69. The average Bonchev–Trinajstić information content (AvgIpc) is 2.91. The van der Waals surface area contributed by atoms with Crippen LogP contribution in [0.1, 0.15) is 30.4 Å². The standard InChI is InChI=1S/C19H19AsO4/c1-2-17(18(21)22)20-19(23)24-11-16-14-9-5-3-7-12(14)13-8-4-6-10-15(13)16/h3-10,16-17,20H,2,11H2,1H3,(H,21,22). The molecule has 1 N–H and O–H groups in total. The molecule has 0 aromatic heterocycles. The van der Waals surface area contributed by atoms with Gasteiger partial charge in [0.05, 0.1) is 0 Å². The molecule has 0 heterocycles. The summed E-state index contributed by atoms with van der Waals surface area (Å²) in [5.74, 6) is -0.871. The van der Waals surface area contributed by atoms with Crippen LogP contribution in [0.15, 0.2) is 48.5 Å². The van der Waals surface area contributed by atoms with Gasteiger partial charge in [-0.15, -0.1) is 0 Å². The van der Waals surface area contributed by atoms with Crippen molar-refractivity contribution in [3.63, 3.8) is 0 Å². The number of carbonyl (C=O) groups excluding carboxylic acids is 1. The van der Waals surface area contributed by atoms with Gasteiger partial charge in [0.15, 0.2) is 0 Å². The van der Waals surface area contributed by atoms with Crippen LogP contribution in [0, 0.1) is 0 Å². The van der Waals surface area contributed by atoms with Gasteiger partial charge >= 0.3 is 147 Å². The molecule has 3 rings (SSSR count). The van der Waals surface area contributed by atoms with E-state index >= 15 is 0 Å². The molecule has 0 amide bonds. The number of carboxylic acids is 1. The van der Waals surface area contributed by atoms with Crippen LogP contribution in [-0.4, -0.2) is 38.2 Å². The van der Waals surface area contributed by atoms with Crippen LogP contribution < -0.4 is 0 Å². The van der Waals surface area contributed by atoms with Crippen LogP contribution >= 0.6 is 0 Å². The summed E-state index contributed by atoms with van der Waals surface area (Å²) in [7, 11) is 0. The zero-order valence-electron chi connectivity index (χ0n) is 13.4. The van der Waals surface area contributed by atoms with Gasteiger partial charge < -0.3 is 0 Å². The summed E-state index contributed by atoms with van der Waals surface area (Å²) in [6, 6.07) is 16.3. The predicted octanol–water partition coefficient (Wildman–Crippen LogP) is 3.66. The Morgan fingerprint density at radius 2 is 1.62 bits per heavy atom. The van der Waals surface area contributed by atoms with E-state index in [0.717, 1.165) is 11.1 Å². The first-order chi connectivity index (χ1) is 11.6.